The first-order valence-corrected chi connectivity index (χ1v) is 6.32. The van der Waals surface area contributed by atoms with Crippen LogP contribution in [-0.2, 0) is 10.0 Å². The van der Waals surface area contributed by atoms with Gasteiger partial charge in [0, 0.05) is 6.04 Å². The Morgan fingerprint density at radius 3 is 2.33 bits per heavy atom. The van der Waals surface area contributed by atoms with Gasteiger partial charge in [-0.05, 0) is 25.0 Å². The minimum absolute atomic E-state index is 0.120. The average molecular weight is 227 g/mol. The van der Waals surface area contributed by atoms with E-state index >= 15 is 0 Å². The van der Waals surface area contributed by atoms with Crippen molar-refractivity contribution in [3.8, 4) is 0 Å². The summed E-state index contributed by atoms with van der Waals surface area (Å²) < 4.78 is 26.1. The average Bonchev–Trinajstić information content (AvgIpc) is 2.17. The lowest BCUT2D eigenvalue weighted by atomic mass is 9.91. The zero-order chi connectivity index (χ0) is 10.9. The predicted molar refractivity (Wildman–Crippen MR) is 55.8 cm³/mol. The topological polar surface area (TPSA) is 66.4 Å². The molecule has 82 valence electrons. The number of benzene rings is 1. The molecule has 5 heteroatoms. The van der Waals surface area contributed by atoms with Gasteiger partial charge in [0.1, 0.15) is 0 Å². The van der Waals surface area contributed by atoms with Gasteiger partial charge in [0.2, 0.25) is 10.0 Å². The second kappa shape index (κ2) is 3.92. The second-order valence-electron chi connectivity index (χ2n) is 3.76. The van der Waals surface area contributed by atoms with Crippen LogP contribution >= 0.6 is 0 Å². The van der Waals surface area contributed by atoms with E-state index in [1.165, 1.54) is 0 Å². The number of hydrogen-bond acceptors (Lipinski definition) is 3. The summed E-state index contributed by atoms with van der Waals surface area (Å²) in [5, 5.41) is 9.05. The molecule has 1 saturated carbocycles. The summed E-state index contributed by atoms with van der Waals surface area (Å²) in [5.41, 5.74) is 0. The van der Waals surface area contributed by atoms with E-state index in [4.69, 9.17) is 5.11 Å². The summed E-state index contributed by atoms with van der Waals surface area (Å²) in [6.45, 7) is 0. The van der Waals surface area contributed by atoms with E-state index in [2.05, 4.69) is 4.72 Å². The Morgan fingerprint density at radius 1 is 1.20 bits per heavy atom. The SMILES string of the molecule is O=S(=O)(NC1CC(O)C1)c1ccccc1. The monoisotopic (exact) mass is 227 g/mol. The van der Waals surface area contributed by atoms with Crippen LogP contribution < -0.4 is 4.72 Å². The Balaban J connectivity index is 2.08. The fourth-order valence-corrected chi connectivity index (χ4v) is 2.85. The van der Waals surface area contributed by atoms with Gasteiger partial charge >= 0.3 is 0 Å². The maximum atomic E-state index is 11.7. The maximum absolute atomic E-state index is 11.7. The minimum atomic E-state index is -3.40. The predicted octanol–water partition coefficient (Wildman–Crippen LogP) is 0.488. The zero-order valence-corrected chi connectivity index (χ0v) is 8.94. The molecule has 0 aromatic heterocycles. The Hall–Kier alpha value is -0.910. The van der Waals surface area contributed by atoms with Gasteiger partial charge in [-0.1, -0.05) is 18.2 Å². The fourth-order valence-electron chi connectivity index (χ4n) is 1.57. The van der Waals surface area contributed by atoms with Crippen LogP contribution in [0.1, 0.15) is 12.8 Å². The van der Waals surface area contributed by atoms with E-state index in [9.17, 15) is 8.42 Å². The summed E-state index contributed by atoms with van der Waals surface area (Å²) in [6, 6.07) is 8.13. The third kappa shape index (κ3) is 2.37. The molecule has 4 nitrogen and oxygen atoms in total. The van der Waals surface area contributed by atoms with Crippen molar-refractivity contribution in [2.24, 2.45) is 0 Å². The van der Waals surface area contributed by atoms with Crippen molar-refractivity contribution in [2.45, 2.75) is 29.9 Å². The quantitative estimate of drug-likeness (QED) is 0.789. The molecule has 1 aromatic carbocycles. The molecular weight excluding hydrogens is 214 g/mol. The van der Waals surface area contributed by atoms with Crippen LogP contribution in [0.15, 0.2) is 35.2 Å². The summed E-state index contributed by atoms with van der Waals surface area (Å²) in [5.74, 6) is 0. The van der Waals surface area contributed by atoms with Crippen LogP contribution in [0.25, 0.3) is 0 Å². The highest BCUT2D eigenvalue weighted by Crippen LogP contribution is 2.21. The van der Waals surface area contributed by atoms with Gasteiger partial charge in [-0.15, -0.1) is 0 Å². The maximum Gasteiger partial charge on any atom is 0.240 e. The Labute approximate surface area is 89.0 Å². The molecule has 0 aliphatic heterocycles. The molecule has 0 spiro atoms. The highest BCUT2D eigenvalue weighted by atomic mass is 32.2. The normalized spacial score (nSPS) is 25.9. The van der Waals surface area contributed by atoms with Gasteiger partial charge in [-0.25, -0.2) is 13.1 Å². The Bertz CT molecular complexity index is 423. The van der Waals surface area contributed by atoms with Crippen LogP contribution in [0.4, 0.5) is 0 Å². The number of aliphatic hydroxyl groups is 1. The van der Waals surface area contributed by atoms with Gasteiger partial charge < -0.3 is 5.11 Å². The highest BCUT2D eigenvalue weighted by Gasteiger charge is 2.31. The van der Waals surface area contributed by atoms with Crippen molar-refractivity contribution < 1.29 is 13.5 Å². The number of nitrogens with one attached hydrogen (secondary N) is 1. The van der Waals surface area contributed by atoms with E-state index in [0.29, 0.717) is 12.8 Å². The molecule has 1 aliphatic carbocycles. The van der Waals surface area contributed by atoms with Crippen molar-refractivity contribution in [3.05, 3.63) is 30.3 Å². The lowest BCUT2D eigenvalue weighted by molar-refractivity contribution is 0.0712. The molecule has 1 fully saturated rings. The Kier molecular flexibility index (Phi) is 2.77. The van der Waals surface area contributed by atoms with Crippen molar-refractivity contribution >= 4 is 10.0 Å². The summed E-state index contributed by atoms with van der Waals surface area (Å²) in [7, 11) is -3.40. The molecule has 0 saturated heterocycles. The first-order chi connectivity index (χ1) is 7.08. The number of sulfonamides is 1. The van der Waals surface area contributed by atoms with Gasteiger partial charge in [0.15, 0.2) is 0 Å². The van der Waals surface area contributed by atoms with Crippen LogP contribution in [0, 0.1) is 0 Å². The molecule has 0 radical (unpaired) electrons. The van der Waals surface area contributed by atoms with E-state index in [-0.39, 0.29) is 17.0 Å². The van der Waals surface area contributed by atoms with Gasteiger partial charge in [-0.3, -0.25) is 0 Å². The third-order valence-electron chi connectivity index (χ3n) is 2.49. The van der Waals surface area contributed by atoms with E-state index < -0.39 is 10.0 Å². The second-order valence-corrected chi connectivity index (χ2v) is 5.47. The van der Waals surface area contributed by atoms with E-state index in [1.807, 2.05) is 0 Å². The first kappa shape index (κ1) is 10.6. The molecule has 0 amide bonds. The molecule has 0 unspecified atom stereocenters. The number of hydrogen-bond donors (Lipinski definition) is 2. The van der Waals surface area contributed by atoms with E-state index in [0.717, 1.165) is 0 Å². The van der Waals surface area contributed by atoms with Crippen LogP contribution in [0.3, 0.4) is 0 Å². The van der Waals surface area contributed by atoms with Crippen LogP contribution in [0.5, 0.6) is 0 Å². The van der Waals surface area contributed by atoms with Crippen molar-refractivity contribution in [1.82, 2.24) is 4.72 Å². The summed E-state index contributed by atoms with van der Waals surface area (Å²) in [4.78, 5) is 0.270. The number of aliphatic hydroxyl groups excluding tert-OH is 1. The van der Waals surface area contributed by atoms with Crippen LogP contribution in [-0.4, -0.2) is 25.7 Å². The van der Waals surface area contributed by atoms with Crippen molar-refractivity contribution in [3.63, 3.8) is 0 Å². The molecule has 0 bridgehead atoms. The highest BCUT2D eigenvalue weighted by molar-refractivity contribution is 7.89. The lowest BCUT2D eigenvalue weighted by Crippen LogP contribution is -2.46. The molecule has 1 aliphatic rings. The zero-order valence-electron chi connectivity index (χ0n) is 8.13. The lowest BCUT2D eigenvalue weighted by Gasteiger charge is -2.31. The van der Waals surface area contributed by atoms with Crippen molar-refractivity contribution in [2.75, 3.05) is 0 Å². The molecule has 15 heavy (non-hydrogen) atoms. The van der Waals surface area contributed by atoms with Crippen molar-refractivity contribution in [1.29, 1.82) is 0 Å². The molecule has 2 rings (SSSR count). The van der Waals surface area contributed by atoms with Gasteiger partial charge in [0.25, 0.3) is 0 Å². The smallest absolute Gasteiger partial charge is 0.240 e. The minimum Gasteiger partial charge on any atom is -0.393 e. The molecule has 0 heterocycles. The standard InChI is InChI=1S/C10H13NO3S/c12-9-6-8(7-9)11-15(13,14)10-4-2-1-3-5-10/h1-5,8-9,11-12H,6-7H2. The van der Waals surface area contributed by atoms with Crippen LogP contribution in [0.2, 0.25) is 0 Å². The molecule has 0 atom stereocenters. The third-order valence-corrected chi connectivity index (χ3v) is 4.02. The largest absolute Gasteiger partial charge is 0.393 e. The summed E-state index contributed by atoms with van der Waals surface area (Å²) in [6.07, 6.45) is 0.659. The number of rotatable bonds is 3. The first-order valence-electron chi connectivity index (χ1n) is 4.83. The molecule has 2 N–H and O–H groups in total. The Morgan fingerprint density at radius 2 is 1.80 bits per heavy atom. The van der Waals surface area contributed by atoms with Gasteiger partial charge in [0.05, 0.1) is 11.0 Å². The van der Waals surface area contributed by atoms with E-state index in [1.54, 1.807) is 30.3 Å². The molecular formula is C10H13NO3S. The fraction of sp³-hybridized carbons (Fsp3) is 0.400. The van der Waals surface area contributed by atoms with Gasteiger partial charge in [-0.2, -0.15) is 0 Å². The molecule has 1 aromatic rings. The summed E-state index contributed by atoms with van der Waals surface area (Å²) >= 11 is 0.